The molecule has 3 amide bonds. The molecule has 2 aromatic rings. The number of amides is 3. The number of hydrogen-bond acceptors (Lipinski definition) is 4. The van der Waals surface area contributed by atoms with Crippen LogP contribution in [0.2, 0.25) is 0 Å². The summed E-state index contributed by atoms with van der Waals surface area (Å²) in [6, 6.07) is 18.0. The third-order valence-corrected chi connectivity index (χ3v) is 6.24. The van der Waals surface area contributed by atoms with Gasteiger partial charge in [-0.2, -0.15) is 5.26 Å². The Hall–Kier alpha value is -3.66. The molecule has 0 aliphatic carbocycles. The van der Waals surface area contributed by atoms with Crippen LogP contribution in [0.3, 0.4) is 0 Å². The van der Waals surface area contributed by atoms with Crippen LogP contribution in [0.5, 0.6) is 0 Å². The smallest absolute Gasteiger partial charge is 0.237 e. The number of nitrogens with zero attached hydrogens (tertiary/aromatic N) is 2. The standard InChI is InChI=1S/C25H26N4O3/c1-16(2)27-22(30)19(12-17-8-4-3-5-9-17)23(31)29-15-25(13-18(29)14-26)20-10-6-7-11-21(20)28-24(25)32/h3-11,16,18-19H,12-13,15H2,1-2H3,(H,27,30)(H,28,32)/t18-,19+,25-/m0/s1. The molecule has 2 aliphatic rings. The Bertz CT molecular complexity index is 1090. The second-order valence-electron chi connectivity index (χ2n) is 8.80. The number of nitrogens with one attached hydrogen (secondary N) is 2. The van der Waals surface area contributed by atoms with Crippen molar-refractivity contribution in [2.75, 3.05) is 11.9 Å². The van der Waals surface area contributed by atoms with E-state index in [0.717, 1.165) is 11.1 Å². The molecule has 1 fully saturated rings. The Balaban J connectivity index is 1.66. The van der Waals surface area contributed by atoms with E-state index >= 15 is 0 Å². The molecule has 2 heterocycles. The Morgan fingerprint density at radius 3 is 2.56 bits per heavy atom. The fourth-order valence-electron chi connectivity index (χ4n) is 4.71. The third-order valence-electron chi connectivity index (χ3n) is 6.24. The van der Waals surface area contributed by atoms with E-state index in [1.165, 1.54) is 4.90 Å². The van der Waals surface area contributed by atoms with Crippen LogP contribution in [0.4, 0.5) is 5.69 Å². The van der Waals surface area contributed by atoms with E-state index < -0.39 is 23.3 Å². The molecular weight excluding hydrogens is 404 g/mol. The van der Waals surface area contributed by atoms with Crippen LogP contribution in [-0.4, -0.2) is 41.2 Å². The second-order valence-corrected chi connectivity index (χ2v) is 8.80. The predicted octanol–water partition coefficient (Wildman–Crippen LogP) is 2.38. The van der Waals surface area contributed by atoms with Crippen LogP contribution in [0.25, 0.3) is 0 Å². The summed E-state index contributed by atoms with van der Waals surface area (Å²) in [4.78, 5) is 41.1. The molecule has 164 valence electrons. The van der Waals surface area contributed by atoms with Gasteiger partial charge < -0.3 is 15.5 Å². The van der Waals surface area contributed by atoms with Gasteiger partial charge in [-0.3, -0.25) is 14.4 Å². The Morgan fingerprint density at radius 1 is 1.19 bits per heavy atom. The van der Waals surface area contributed by atoms with Crippen LogP contribution in [0.1, 0.15) is 31.4 Å². The minimum atomic E-state index is -0.981. The van der Waals surface area contributed by atoms with E-state index in [1.54, 1.807) is 0 Å². The van der Waals surface area contributed by atoms with Gasteiger partial charge in [-0.05, 0) is 37.5 Å². The van der Waals surface area contributed by atoms with E-state index in [0.29, 0.717) is 5.69 Å². The Labute approximate surface area is 187 Å². The van der Waals surface area contributed by atoms with Crippen molar-refractivity contribution in [2.45, 2.75) is 44.2 Å². The highest BCUT2D eigenvalue weighted by molar-refractivity contribution is 6.08. The molecular formula is C25H26N4O3. The summed E-state index contributed by atoms with van der Waals surface area (Å²) in [7, 11) is 0. The molecule has 0 aromatic heterocycles. The molecule has 4 rings (SSSR count). The number of carbonyl (C=O) groups is 3. The van der Waals surface area contributed by atoms with Crippen molar-refractivity contribution in [1.29, 1.82) is 5.26 Å². The fourth-order valence-corrected chi connectivity index (χ4v) is 4.71. The minimum Gasteiger partial charge on any atom is -0.353 e. The minimum absolute atomic E-state index is 0.0765. The first kappa shape index (κ1) is 21.6. The van der Waals surface area contributed by atoms with Crippen LogP contribution in [0, 0.1) is 17.2 Å². The lowest BCUT2D eigenvalue weighted by Gasteiger charge is -2.27. The summed E-state index contributed by atoms with van der Waals surface area (Å²) in [6.07, 6.45) is 0.435. The van der Waals surface area contributed by atoms with E-state index in [9.17, 15) is 19.6 Å². The molecule has 1 saturated heterocycles. The van der Waals surface area contributed by atoms with E-state index in [-0.39, 0.29) is 37.2 Å². The van der Waals surface area contributed by atoms with E-state index in [2.05, 4.69) is 16.7 Å². The van der Waals surface area contributed by atoms with Crippen molar-refractivity contribution < 1.29 is 14.4 Å². The number of likely N-dealkylation sites (tertiary alicyclic amines) is 1. The molecule has 2 aliphatic heterocycles. The predicted molar refractivity (Wildman–Crippen MR) is 119 cm³/mol. The first-order valence-electron chi connectivity index (χ1n) is 10.8. The van der Waals surface area contributed by atoms with Gasteiger partial charge in [0.15, 0.2) is 0 Å². The summed E-state index contributed by atoms with van der Waals surface area (Å²) < 4.78 is 0. The number of anilines is 1. The maximum Gasteiger partial charge on any atom is 0.237 e. The molecule has 1 spiro atoms. The van der Waals surface area contributed by atoms with Gasteiger partial charge in [-0.1, -0.05) is 48.5 Å². The zero-order valence-corrected chi connectivity index (χ0v) is 18.2. The molecule has 0 radical (unpaired) electrons. The van der Waals surface area contributed by atoms with Crippen molar-refractivity contribution in [3.05, 3.63) is 65.7 Å². The maximum atomic E-state index is 13.7. The van der Waals surface area contributed by atoms with E-state index in [4.69, 9.17) is 0 Å². The van der Waals surface area contributed by atoms with Crippen molar-refractivity contribution >= 4 is 23.4 Å². The highest BCUT2D eigenvalue weighted by atomic mass is 16.2. The lowest BCUT2D eigenvalue weighted by Crippen LogP contribution is -2.48. The summed E-state index contributed by atoms with van der Waals surface area (Å²) in [5.74, 6) is -1.98. The number of nitriles is 1. The molecule has 32 heavy (non-hydrogen) atoms. The molecule has 2 aromatic carbocycles. The highest BCUT2D eigenvalue weighted by Crippen LogP contribution is 2.46. The van der Waals surface area contributed by atoms with Crippen LogP contribution in [-0.2, 0) is 26.2 Å². The van der Waals surface area contributed by atoms with Crippen LogP contribution < -0.4 is 10.6 Å². The topological polar surface area (TPSA) is 102 Å². The normalized spacial score (nSPS) is 22.4. The zero-order valence-electron chi connectivity index (χ0n) is 18.2. The zero-order chi connectivity index (χ0) is 22.9. The molecule has 3 atom stereocenters. The van der Waals surface area contributed by atoms with Gasteiger partial charge in [-0.15, -0.1) is 0 Å². The first-order chi connectivity index (χ1) is 15.4. The van der Waals surface area contributed by atoms with Gasteiger partial charge in [0.05, 0.1) is 11.5 Å². The molecule has 2 N–H and O–H groups in total. The third kappa shape index (κ3) is 3.73. The molecule has 0 bridgehead atoms. The lowest BCUT2D eigenvalue weighted by molar-refractivity contribution is -0.142. The molecule has 0 saturated carbocycles. The van der Waals surface area contributed by atoms with Crippen molar-refractivity contribution in [3.63, 3.8) is 0 Å². The Kier molecular flexibility index (Phi) is 5.70. The molecule has 0 unspecified atom stereocenters. The quantitative estimate of drug-likeness (QED) is 0.711. The van der Waals surface area contributed by atoms with Crippen molar-refractivity contribution in [3.8, 4) is 6.07 Å². The first-order valence-corrected chi connectivity index (χ1v) is 10.8. The molecule has 7 nitrogen and oxygen atoms in total. The van der Waals surface area contributed by atoms with Gasteiger partial charge in [0.1, 0.15) is 12.0 Å². The van der Waals surface area contributed by atoms with E-state index in [1.807, 2.05) is 68.4 Å². The van der Waals surface area contributed by atoms with Crippen LogP contribution >= 0.6 is 0 Å². The van der Waals surface area contributed by atoms with Gasteiger partial charge in [0, 0.05) is 24.7 Å². The Morgan fingerprint density at radius 2 is 1.88 bits per heavy atom. The summed E-state index contributed by atoms with van der Waals surface area (Å²) in [5.41, 5.74) is 1.39. The van der Waals surface area contributed by atoms with Gasteiger partial charge in [0.25, 0.3) is 0 Å². The highest BCUT2D eigenvalue weighted by Gasteiger charge is 2.56. The lowest BCUT2D eigenvalue weighted by atomic mass is 9.80. The fraction of sp³-hybridized carbons (Fsp3) is 0.360. The number of carbonyl (C=O) groups excluding carboxylic acids is 3. The average Bonchev–Trinajstić information content (AvgIpc) is 3.30. The molecule has 7 heteroatoms. The number of para-hydroxylation sites is 1. The largest absolute Gasteiger partial charge is 0.353 e. The average molecular weight is 431 g/mol. The number of fused-ring (bicyclic) bond motifs is 2. The van der Waals surface area contributed by atoms with Crippen molar-refractivity contribution in [1.82, 2.24) is 10.2 Å². The van der Waals surface area contributed by atoms with Gasteiger partial charge in [0.2, 0.25) is 17.7 Å². The van der Waals surface area contributed by atoms with Gasteiger partial charge in [-0.25, -0.2) is 0 Å². The summed E-state index contributed by atoms with van der Waals surface area (Å²) in [6.45, 7) is 3.75. The monoisotopic (exact) mass is 430 g/mol. The van der Waals surface area contributed by atoms with Crippen LogP contribution in [0.15, 0.2) is 54.6 Å². The SMILES string of the molecule is CC(C)NC(=O)[C@@H](Cc1ccccc1)C(=O)N1C[C@]2(C[C@H]1C#N)C(=O)Nc1ccccc12. The number of rotatable bonds is 5. The second kappa shape index (κ2) is 8.46. The summed E-state index contributed by atoms with van der Waals surface area (Å²) >= 11 is 0. The van der Waals surface area contributed by atoms with Crippen molar-refractivity contribution in [2.24, 2.45) is 5.92 Å². The number of hydrogen-bond donors (Lipinski definition) is 2. The summed E-state index contributed by atoms with van der Waals surface area (Å²) in [5, 5.41) is 15.6. The maximum absolute atomic E-state index is 13.7. The van der Waals surface area contributed by atoms with Gasteiger partial charge >= 0.3 is 0 Å². The number of benzene rings is 2.